The zero-order valence-electron chi connectivity index (χ0n) is 12.6. The van der Waals surface area contributed by atoms with E-state index in [1.54, 1.807) is 22.4 Å². The van der Waals surface area contributed by atoms with Crippen LogP contribution in [0.15, 0.2) is 35.1 Å². The Balaban J connectivity index is 0.00000220. The quantitative estimate of drug-likeness (QED) is 0.592. The Hall–Kier alpha value is -0.576. The summed E-state index contributed by atoms with van der Waals surface area (Å²) in [6, 6.07) is 12.7. The van der Waals surface area contributed by atoms with Crippen molar-refractivity contribution in [2.24, 2.45) is 0 Å². The van der Waals surface area contributed by atoms with E-state index < -0.39 is 0 Å². The SMILES string of the molecule is CCn1c(-c2ccc(OCSC)cc2)[c-]cc(C)c1=O.[Y]. The molecule has 5 heteroatoms. The summed E-state index contributed by atoms with van der Waals surface area (Å²) in [6.07, 6.45) is 2.00. The molecule has 0 aliphatic carbocycles. The van der Waals surface area contributed by atoms with Crippen LogP contribution in [-0.4, -0.2) is 16.8 Å². The molecule has 0 unspecified atom stereocenters. The van der Waals surface area contributed by atoms with Crippen LogP contribution in [0.5, 0.6) is 5.75 Å². The number of aryl methyl sites for hydroxylation is 1. The van der Waals surface area contributed by atoms with Gasteiger partial charge >= 0.3 is 0 Å². The van der Waals surface area contributed by atoms with Gasteiger partial charge in [-0.2, -0.15) is 12.1 Å². The van der Waals surface area contributed by atoms with Gasteiger partial charge in [-0.3, -0.25) is 4.79 Å². The van der Waals surface area contributed by atoms with Gasteiger partial charge in [-0.05, 0) is 25.3 Å². The van der Waals surface area contributed by atoms with E-state index in [4.69, 9.17) is 4.74 Å². The molecule has 109 valence electrons. The predicted octanol–water partition coefficient (Wildman–Crippen LogP) is 3.34. The van der Waals surface area contributed by atoms with Crippen molar-refractivity contribution in [3.8, 4) is 17.0 Å². The van der Waals surface area contributed by atoms with Gasteiger partial charge in [0.1, 0.15) is 11.7 Å². The van der Waals surface area contributed by atoms with Crippen LogP contribution in [0.25, 0.3) is 11.3 Å². The fourth-order valence-corrected chi connectivity index (χ4v) is 2.26. The van der Waals surface area contributed by atoms with Gasteiger partial charge < -0.3 is 9.30 Å². The second-order valence-corrected chi connectivity index (χ2v) is 5.26. The first kappa shape index (κ1) is 18.5. The summed E-state index contributed by atoms with van der Waals surface area (Å²) in [4.78, 5) is 12.1. The van der Waals surface area contributed by atoms with Gasteiger partial charge in [0, 0.05) is 39.3 Å². The number of nitrogens with zero attached hydrogens (tertiary/aromatic N) is 1. The number of hydrogen-bond acceptors (Lipinski definition) is 3. The van der Waals surface area contributed by atoms with Gasteiger partial charge in [-0.1, -0.05) is 23.7 Å². The van der Waals surface area contributed by atoms with E-state index in [-0.39, 0.29) is 38.3 Å². The molecule has 0 fully saturated rings. The molecule has 0 aliphatic heterocycles. The van der Waals surface area contributed by atoms with Crippen molar-refractivity contribution in [2.45, 2.75) is 20.4 Å². The van der Waals surface area contributed by atoms with Gasteiger partial charge in [-0.15, -0.1) is 23.9 Å². The molecule has 21 heavy (non-hydrogen) atoms. The van der Waals surface area contributed by atoms with Crippen molar-refractivity contribution in [1.29, 1.82) is 0 Å². The summed E-state index contributed by atoms with van der Waals surface area (Å²) in [5, 5.41) is 0. The van der Waals surface area contributed by atoms with Crippen molar-refractivity contribution >= 4 is 11.8 Å². The number of pyridine rings is 1. The molecule has 0 amide bonds. The molecule has 0 N–H and O–H groups in total. The minimum Gasteiger partial charge on any atom is -0.483 e. The maximum absolute atomic E-state index is 12.1. The Bertz CT molecular complexity index is 638. The maximum Gasteiger partial charge on any atom is 0.197 e. The standard InChI is InChI=1S/C16H18NO2S.Y/c1-4-17-15(10-5-12(2)16(17)18)13-6-8-14(9-7-13)19-11-20-3;/h5-9H,4,11H2,1-3H3;/q-1;. The normalized spacial score (nSPS) is 10.0. The number of benzene rings is 1. The third-order valence-electron chi connectivity index (χ3n) is 3.07. The summed E-state index contributed by atoms with van der Waals surface area (Å²) in [5.41, 5.74) is 2.56. The first-order chi connectivity index (χ1) is 9.67. The van der Waals surface area contributed by atoms with Crippen LogP contribution in [0.2, 0.25) is 0 Å². The van der Waals surface area contributed by atoms with E-state index in [9.17, 15) is 4.79 Å². The van der Waals surface area contributed by atoms with Crippen LogP contribution in [-0.2, 0) is 39.3 Å². The molecule has 0 aliphatic rings. The van der Waals surface area contributed by atoms with E-state index in [0.717, 1.165) is 22.6 Å². The average Bonchev–Trinajstić information content (AvgIpc) is 2.48. The van der Waals surface area contributed by atoms with Crippen molar-refractivity contribution < 1.29 is 37.4 Å². The van der Waals surface area contributed by atoms with Crippen LogP contribution >= 0.6 is 11.8 Å². The summed E-state index contributed by atoms with van der Waals surface area (Å²) in [5.74, 6) is 1.47. The zero-order chi connectivity index (χ0) is 14.5. The van der Waals surface area contributed by atoms with Gasteiger partial charge in [0.2, 0.25) is 0 Å². The van der Waals surface area contributed by atoms with Gasteiger partial charge in [0.05, 0.1) is 0 Å². The van der Waals surface area contributed by atoms with Crippen LogP contribution < -0.4 is 10.3 Å². The third-order valence-corrected chi connectivity index (χ3v) is 3.42. The second kappa shape index (κ2) is 8.77. The molecule has 3 nitrogen and oxygen atoms in total. The van der Waals surface area contributed by atoms with E-state index in [1.165, 1.54) is 0 Å². The number of rotatable bonds is 5. The Morgan fingerprint density at radius 2 is 1.95 bits per heavy atom. The number of hydrogen-bond donors (Lipinski definition) is 0. The molecule has 1 aromatic heterocycles. The van der Waals surface area contributed by atoms with Crippen LogP contribution in [0, 0.1) is 13.0 Å². The van der Waals surface area contributed by atoms with Crippen molar-refractivity contribution in [2.75, 3.05) is 12.2 Å². The molecule has 1 aromatic carbocycles. The molecular weight excluding hydrogens is 359 g/mol. The number of ether oxygens (including phenoxy) is 1. The summed E-state index contributed by atoms with van der Waals surface area (Å²) >= 11 is 1.63. The van der Waals surface area contributed by atoms with Crippen molar-refractivity contribution in [3.63, 3.8) is 0 Å². The van der Waals surface area contributed by atoms with Gasteiger partial charge in [0.25, 0.3) is 0 Å². The molecule has 0 atom stereocenters. The first-order valence-corrected chi connectivity index (χ1v) is 7.91. The molecule has 0 saturated heterocycles. The van der Waals surface area contributed by atoms with Gasteiger partial charge in [0.15, 0.2) is 5.56 Å². The smallest absolute Gasteiger partial charge is 0.197 e. The predicted molar refractivity (Wildman–Crippen MR) is 84.4 cm³/mol. The molecular formula is C16H18NO2SY-. The Kier molecular flexibility index (Phi) is 7.71. The zero-order valence-corrected chi connectivity index (χ0v) is 16.2. The summed E-state index contributed by atoms with van der Waals surface area (Å²) in [6.45, 7) is 4.42. The Labute approximate surface area is 155 Å². The summed E-state index contributed by atoms with van der Waals surface area (Å²) < 4.78 is 7.27. The van der Waals surface area contributed by atoms with Crippen molar-refractivity contribution in [3.05, 3.63) is 52.3 Å². The molecule has 0 spiro atoms. The van der Waals surface area contributed by atoms with Crippen molar-refractivity contribution in [1.82, 2.24) is 4.57 Å². The summed E-state index contributed by atoms with van der Waals surface area (Å²) in [7, 11) is 0. The first-order valence-electron chi connectivity index (χ1n) is 6.51. The fraction of sp³-hybridized carbons (Fsp3) is 0.312. The molecule has 0 saturated carbocycles. The monoisotopic (exact) mass is 377 g/mol. The maximum atomic E-state index is 12.1. The minimum absolute atomic E-state index is 0. The van der Waals surface area contributed by atoms with Crippen LogP contribution in [0.1, 0.15) is 12.5 Å². The van der Waals surface area contributed by atoms with Crippen LogP contribution in [0.4, 0.5) is 0 Å². The van der Waals surface area contributed by atoms with Gasteiger partial charge in [-0.25, -0.2) is 0 Å². The Morgan fingerprint density at radius 1 is 1.29 bits per heavy atom. The minimum atomic E-state index is 0. The fourth-order valence-electron chi connectivity index (χ4n) is 2.01. The van der Waals surface area contributed by atoms with Crippen LogP contribution in [0.3, 0.4) is 0 Å². The largest absolute Gasteiger partial charge is 0.483 e. The molecule has 2 aromatic rings. The Morgan fingerprint density at radius 3 is 2.52 bits per heavy atom. The molecule has 0 bridgehead atoms. The second-order valence-electron chi connectivity index (χ2n) is 4.44. The average molecular weight is 377 g/mol. The number of aromatic nitrogens is 1. The van der Waals surface area contributed by atoms with E-state index in [1.807, 2.05) is 44.4 Å². The third kappa shape index (κ3) is 4.44. The van der Waals surface area contributed by atoms with E-state index in [2.05, 4.69) is 6.07 Å². The molecule has 1 heterocycles. The van der Waals surface area contributed by atoms with E-state index in [0.29, 0.717) is 12.5 Å². The molecule has 1 radical (unpaired) electrons. The molecule has 2 rings (SSSR count). The van der Waals surface area contributed by atoms with E-state index >= 15 is 0 Å². The topological polar surface area (TPSA) is 31.2 Å². The number of thioether (sulfide) groups is 1.